The summed E-state index contributed by atoms with van der Waals surface area (Å²) in [5, 5.41) is 2.67. The molecule has 2 atom stereocenters. The lowest BCUT2D eigenvalue weighted by Gasteiger charge is -2.18. The summed E-state index contributed by atoms with van der Waals surface area (Å²) in [6, 6.07) is 20.1. The van der Waals surface area contributed by atoms with E-state index in [9.17, 15) is 9.59 Å². The maximum Gasteiger partial charge on any atom is 0.279 e. The van der Waals surface area contributed by atoms with Crippen LogP contribution < -0.4 is 20.3 Å². The Bertz CT molecular complexity index is 1010. The van der Waals surface area contributed by atoms with E-state index < -0.39 is 24.0 Å². The molecular formula is C22H21ClN2O4. The molecule has 3 aromatic carbocycles. The molecule has 7 heteroatoms. The zero-order chi connectivity index (χ0) is 20.8. The SMILES string of the molecule is C[C@@H](Oc1ccc(Cl)cc1)C(=O)NNC(=O)[C@@H](C)Oc1ccc2ccccc2c1. The Morgan fingerprint density at radius 3 is 1.90 bits per heavy atom. The van der Waals surface area contributed by atoms with E-state index in [1.165, 1.54) is 0 Å². The minimum atomic E-state index is -0.812. The Balaban J connectivity index is 1.49. The Morgan fingerprint density at radius 1 is 0.759 bits per heavy atom. The quantitative estimate of drug-likeness (QED) is 0.602. The summed E-state index contributed by atoms with van der Waals surface area (Å²) in [6.45, 7) is 3.18. The third-order valence-electron chi connectivity index (χ3n) is 4.21. The third-order valence-corrected chi connectivity index (χ3v) is 4.46. The van der Waals surface area contributed by atoms with E-state index in [2.05, 4.69) is 10.9 Å². The number of fused-ring (bicyclic) bond motifs is 1. The molecule has 29 heavy (non-hydrogen) atoms. The van der Waals surface area contributed by atoms with Gasteiger partial charge in [-0.2, -0.15) is 0 Å². The number of ether oxygens (including phenoxy) is 2. The Hall–Kier alpha value is -3.25. The summed E-state index contributed by atoms with van der Waals surface area (Å²) in [6.07, 6.45) is -1.61. The highest BCUT2D eigenvalue weighted by molar-refractivity contribution is 6.30. The van der Waals surface area contributed by atoms with Crippen LogP contribution >= 0.6 is 11.6 Å². The topological polar surface area (TPSA) is 76.7 Å². The highest BCUT2D eigenvalue weighted by atomic mass is 35.5. The smallest absolute Gasteiger partial charge is 0.279 e. The van der Waals surface area contributed by atoms with Crippen molar-refractivity contribution in [2.24, 2.45) is 0 Å². The number of halogens is 1. The zero-order valence-corrected chi connectivity index (χ0v) is 16.8. The summed E-state index contributed by atoms with van der Waals surface area (Å²) in [5.74, 6) is 0.0879. The van der Waals surface area contributed by atoms with E-state index in [0.29, 0.717) is 16.5 Å². The van der Waals surface area contributed by atoms with Crippen molar-refractivity contribution < 1.29 is 19.1 Å². The highest BCUT2D eigenvalue weighted by Gasteiger charge is 2.19. The van der Waals surface area contributed by atoms with Crippen LogP contribution in [-0.4, -0.2) is 24.0 Å². The van der Waals surface area contributed by atoms with Gasteiger partial charge in [-0.15, -0.1) is 0 Å². The van der Waals surface area contributed by atoms with Gasteiger partial charge in [0.15, 0.2) is 12.2 Å². The second-order valence-corrected chi connectivity index (χ2v) is 6.90. The lowest BCUT2D eigenvalue weighted by molar-refractivity contribution is -0.135. The van der Waals surface area contributed by atoms with E-state index in [-0.39, 0.29) is 0 Å². The summed E-state index contributed by atoms with van der Waals surface area (Å²) in [4.78, 5) is 24.4. The van der Waals surface area contributed by atoms with Crippen LogP contribution in [0.5, 0.6) is 11.5 Å². The molecule has 0 heterocycles. The maximum atomic E-state index is 12.2. The summed E-state index contributed by atoms with van der Waals surface area (Å²) >= 11 is 5.82. The number of hydrogen-bond donors (Lipinski definition) is 2. The van der Waals surface area contributed by atoms with E-state index in [1.807, 2.05) is 36.4 Å². The molecule has 0 spiro atoms. The molecule has 0 unspecified atom stereocenters. The predicted octanol–water partition coefficient (Wildman–Crippen LogP) is 3.88. The van der Waals surface area contributed by atoms with Crippen molar-refractivity contribution >= 4 is 34.2 Å². The second-order valence-electron chi connectivity index (χ2n) is 6.46. The number of carbonyl (C=O) groups excluding carboxylic acids is 2. The van der Waals surface area contributed by atoms with Gasteiger partial charge in [0, 0.05) is 5.02 Å². The van der Waals surface area contributed by atoms with Gasteiger partial charge in [0.2, 0.25) is 0 Å². The van der Waals surface area contributed by atoms with Crippen LogP contribution in [0.25, 0.3) is 10.8 Å². The Morgan fingerprint density at radius 2 is 1.28 bits per heavy atom. The van der Waals surface area contributed by atoms with Crippen LogP contribution in [0.1, 0.15) is 13.8 Å². The molecule has 0 aliphatic rings. The van der Waals surface area contributed by atoms with Crippen molar-refractivity contribution in [1.29, 1.82) is 0 Å². The van der Waals surface area contributed by atoms with Crippen LogP contribution in [0.15, 0.2) is 66.7 Å². The van der Waals surface area contributed by atoms with Crippen LogP contribution in [0, 0.1) is 0 Å². The van der Waals surface area contributed by atoms with Gasteiger partial charge in [-0.25, -0.2) is 0 Å². The molecule has 3 rings (SSSR count). The zero-order valence-electron chi connectivity index (χ0n) is 16.0. The van der Waals surface area contributed by atoms with Crippen molar-refractivity contribution in [2.45, 2.75) is 26.1 Å². The van der Waals surface area contributed by atoms with Crippen molar-refractivity contribution in [3.63, 3.8) is 0 Å². The number of benzene rings is 3. The van der Waals surface area contributed by atoms with Gasteiger partial charge in [-0.3, -0.25) is 20.4 Å². The molecule has 0 aromatic heterocycles. The molecule has 0 saturated heterocycles. The second kappa shape index (κ2) is 9.30. The van der Waals surface area contributed by atoms with E-state index in [0.717, 1.165) is 10.8 Å². The number of carbonyl (C=O) groups is 2. The van der Waals surface area contributed by atoms with E-state index in [1.54, 1.807) is 44.2 Å². The number of hydrogen-bond acceptors (Lipinski definition) is 4. The van der Waals surface area contributed by atoms with Gasteiger partial charge in [0.25, 0.3) is 11.8 Å². The molecule has 0 radical (unpaired) electrons. The minimum absolute atomic E-state index is 0.481. The van der Waals surface area contributed by atoms with Gasteiger partial charge in [0.1, 0.15) is 11.5 Å². The van der Waals surface area contributed by atoms with Crippen LogP contribution in [-0.2, 0) is 9.59 Å². The standard InChI is InChI=1S/C22H21ClN2O4/c1-14(28-19-11-8-18(23)9-12-19)21(26)24-25-22(27)15(2)29-20-10-7-16-5-3-4-6-17(16)13-20/h3-15H,1-2H3,(H,24,26)(H,25,27)/t14-,15-/m1/s1. The molecule has 3 aromatic rings. The molecule has 0 aliphatic heterocycles. The Labute approximate surface area is 173 Å². The minimum Gasteiger partial charge on any atom is -0.481 e. The van der Waals surface area contributed by atoms with Crippen LogP contribution in [0.4, 0.5) is 0 Å². The first-order chi connectivity index (χ1) is 13.9. The van der Waals surface area contributed by atoms with Gasteiger partial charge in [-0.1, -0.05) is 41.9 Å². The normalized spacial score (nSPS) is 12.7. The first-order valence-corrected chi connectivity index (χ1v) is 9.47. The summed E-state index contributed by atoms with van der Waals surface area (Å²) in [5.41, 5.74) is 4.69. The fraction of sp³-hybridized carbons (Fsp3) is 0.182. The van der Waals surface area contributed by atoms with Crippen molar-refractivity contribution in [1.82, 2.24) is 10.9 Å². The first-order valence-electron chi connectivity index (χ1n) is 9.10. The lowest BCUT2D eigenvalue weighted by Crippen LogP contribution is -2.50. The number of amides is 2. The average Bonchev–Trinajstić information content (AvgIpc) is 2.73. The summed E-state index contributed by atoms with van der Waals surface area (Å²) in [7, 11) is 0. The number of nitrogens with one attached hydrogen (secondary N) is 2. The van der Waals surface area contributed by atoms with Gasteiger partial charge < -0.3 is 9.47 Å². The largest absolute Gasteiger partial charge is 0.481 e. The van der Waals surface area contributed by atoms with Gasteiger partial charge in [-0.05, 0) is 61.0 Å². The van der Waals surface area contributed by atoms with Gasteiger partial charge in [0.05, 0.1) is 0 Å². The lowest BCUT2D eigenvalue weighted by atomic mass is 10.1. The third kappa shape index (κ3) is 5.62. The van der Waals surface area contributed by atoms with Crippen molar-refractivity contribution in [3.8, 4) is 11.5 Å². The molecule has 0 saturated carbocycles. The molecule has 2 N–H and O–H groups in total. The van der Waals surface area contributed by atoms with E-state index in [4.69, 9.17) is 21.1 Å². The monoisotopic (exact) mass is 412 g/mol. The number of rotatable bonds is 6. The fourth-order valence-electron chi connectivity index (χ4n) is 2.60. The van der Waals surface area contributed by atoms with Crippen molar-refractivity contribution in [2.75, 3.05) is 0 Å². The molecule has 0 aliphatic carbocycles. The summed E-state index contributed by atoms with van der Waals surface area (Å²) < 4.78 is 11.2. The molecule has 150 valence electrons. The molecule has 2 amide bonds. The Kier molecular flexibility index (Phi) is 6.57. The predicted molar refractivity (Wildman–Crippen MR) is 112 cm³/mol. The van der Waals surface area contributed by atoms with Gasteiger partial charge >= 0.3 is 0 Å². The van der Waals surface area contributed by atoms with Crippen LogP contribution in [0.2, 0.25) is 5.02 Å². The van der Waals surface area contributed by atoms with Crippen LogP contribution in [0.3, 0.4) is 0 Å². The molecule has 6 nitrogen and oxygen atoms in total. The first kappa shape index (κ1) is 20.5. The maximum absolute atomic E-state index is 12.2. The number of hydrazine groups is 1. The fourth-order valence-corrected chi connectivity index (χ4v) is 2.72. The molecule has 0 bridgehead atoms. The molecular weight excluding hydrogens is 392 g/mol. The van der Waals surface area contributed by atoms with Crippen molar-refractivity contribution in [3.05, 3.63) is 71.8 Å². The van der Waals surface area contributed by atoms with E-state index >= 15 is 0 Å². The average molecular weight is 413 g/mol. The molecule has 0 fully saturated rings. The highest BCUT2D eigenvalue weighted by Crippen LogP contribution is 2.21.